The maximum atomic E-state index is 5.78. The van der Waals surface area contributed by atoms with Crippen molar-refractivity contribution in [3.8, 4) is 22.5 Å². The van der Waals surface area contributed by atoms with Crippen LogP contribution in [0, 0.1) is 11.8 Å². The Kier molecular flexibility index (Phi) is 3.97. The molecule has 23 heavy (non-hydrogen) atoms. The van der Waals surface area contributed by atoms with Crippen molar-refractivity contribution in [2.24, 2.45) is 0 Å². The van der Waals surface area contributed by atoms with Crippen molar-refractivity contribution in [1.29, 1.82) is 0 Å². The fourth-order valence-corrected chi connectivity index (χ4v) is 3.16. The Hall–Kier alpha value is -2.51. The molecule has 0 amide bonds. The van der Waals surface area contributed by atoms with Gasteiger partial charge in [-0.25, -0.2) is 4.98 Å². The largest absolute Gasteiger partial charge is 0.399 e. The molecule has 0 bridgehead atoms. The first-order valence-corrected chi connectivity index (χ1v) is 8.27. The summed E-state index contributed by atoms with van der Waals surface area (Å²) in [7, 11) is 0. The Morgan fingerprint density at radius 2 is 1.96 bits per heavy atom. The Balaban J connectivity index is 1.89. The minimum Gasteiger partial charge on any atom is -0.399 e. The predicted molar refractivity (Wildman–Crippen MR) is 97.4 cm³/mol. The monoisotopic (exact) mass is 321 g/mol. The molecule has 2 heterocycles. The summed E-state index contributed by atoms with van der Waals surface area (Å²) in [4.78, 5) is 6.65. The number of hydrogen-bond acceptors (Lipinski definition) is 3. The fourth-order valence-electron chi connectivity index (χ4n) is 2.30. The summed E-state index contributed by atoms with van der Waals surface area (Å²) in [5.74, 6) is 7.35. The van der Waals surface area contributed by atoms with Gasteiger partial charge in [0.15, 0.2) is 5.82 Å². The summed E-state index contributed by atoms with van der Waals surface area (Å²) in [6.07, 6.45) is 3.87. The first-order valence-electron chi connectivity index (χ1n) is 7.45. The van der Waals surface area contributed by atoms with Crippen LogP contribution in [0.5, 0.6) is 0 Å². The molecule has 4 heteroatoms. The topological polar surface area (TPSA) is 43.8 Å². The van der Waals surface area contributed by atoms with E-state index >= 15 is 0 Å². The van der Waals surface area contributed by atoms with E-state index in [1.807, 2.05) is 42.7 Å². The number of thiophene rings is 1. The van der Waals surface area contributed by atoms with Crippen molar-refractivity contribution in [2.45, 2.75) is 26.3 Å². The molecule has 2 N–H and O–H groups in total. The molecule has 0 radical (unpaired) electrons. The molecular weight excluding hydrogens is 302 g/mol. The van der Waals surface area contributed by atoms with E-state index in [2.05, 4.69) is 48.2 Å². The zero-order valence-electron chi connectivity index (χ0n) is 13.5. The van der Waals surface area contributed by atoms with Crippen molar-refractivity contribution in [1.82, 2.24) is 9.55 Å². The maximum Gasteiger partial charge on any atom is 0.150 e. The van der Waals surface area contributed by atoms with Crippen molar-refractivity contribution < 1.29 is 0 Å². The summed E-state index contributed by atoms with van der Waals surface area (Å²) in [6, 6.07) is 11.7. The SMILES string of the molecule is CC(C)(C)n1ccnc1-c1ccc(C#Cc2cccc(N)c2)s1. The molecule has 0 saturated carbocycles. The van der Waals surface area contributed by atoms with Crippen molar-refractivity contribution in [3.63, 3.8) is 0 Å². The minimum absolute atomic E-state index is 0.00321. The molecule has 116 valence electrons. The zero-order valence-corrected chi connectivity index (χ0v) is 14.3. The first kappa shape index (κ1) is 15.4. The molecule has 0 aliphatic rings. The lowest BCUT2D eigenvalue weighted by molar-refractivity contribution is 0.401. The molecule has 0 atom stereocenters. The van der Waals surface area contributed by atoms with Gasteiger partial charge in [0.1, 0.15) is 0 Å². The van der Waals surface area contributed by atoms with Crippen LogP contribution in [-0.4, -0.2) is 9.55 Å². The molecule has 0 unspecified atom stereocenters. The number of rotatable bonds is 1. The standard InChI is InChI=1S/C19H19N3S/c1-19(2,3)22-12-11-21-18(22)17-10-9-16(23-17)8-7-14-5-4-6-15(20)13-14/h4-6,9-13H,20H2,1-3H3. The second-order valence-electron chi connectivity index (χ2n) is 6.33. The highest BCUT2D eigenvalue weighted by atomic mass is 32.1. The minimum atomic E-state index is 0.00321. The lowest BCUT2D eigenvalue weighted by Gasteiger charge is -2.22. The van der Waals surface area contributed by atoms with E-state index in [1.165, 1.54) is 0 Å². The number of nitrogens with two attached hydrogens (primary N) is 1. The van der Waals surface area contributed by atoms with Crippen molar-refractivity contribution in [2.75, 3.05) is 5.73 Å². The Morgan fingerprint density at radius 3 is 2.70 bits per heavy atom. The molecule has 1 aromatic carbocycles. The van der Waals surface area contributed by atoms with Gasteiger partial charge >= 0.3 is 0 Å². The van der Waals surface area contributed by atoms with Crippen LogP contribution in [0.25, 0.3) is 10.7 Å². The van der Waals surface area contributed by atoms with Crippen LogP contribution in [0.2, 0.25) is 0 Å². The number of anilines is 1. The van der Waals surface area contributed by atoms with E-state index in [4.69, 9.17) is 5.73 Å². The van der Waals surface area contributed by atoms with Gasteiger partial charge in [-0.3, -0.25) is 0 Å². The van der Waals surface area contributed by atoms with Crippen LogP contribution < -0.4 is 5.73 Å². The fraction of sp³-hybridized carbons (Fsp3) is 0.211. The third kappa shape index (κ3) is 3.46. The quantitative estimate of drug-likeness (QED) is 0.535. The molecular formula is C19H19N3S. The second-order valence-corrected chi connectivity index (χ2v) is 7.41. The Labute approximate surface area is 140 Å². The van der Waals surface area contributed by atoms with E-state index in [0.717, 1.165) is 26.8 Å². The normalized spacial score (nSPS) is 11.1. The van der Waals surface area contributed by atoms with Crippen LogP contribution in [0.4, 0.5) is 5.69 Å². The summed E-state index contributed by atoms with van der Waals surface area (Å²) in [6.45, 7) is 6.52. The van der Waals surface area contributed by atoms with Crippen LogP contribution in [0.3, 0.4) is 0 Å². The van der Waals surface area contributed by atoms with Crippen LogP contribution >= 0.6 is 11.3 Å². The highest BCUT2D eigenvalue weighted by Crippen LogP contribution is 2.30. The smallest absolute Gasteiger partial charge is 0.150 e. The number of aromatic nitrogens is 2. The van der Waals surface area contributed by atoms with Gasteiger partial charge in [-0.05, 0) is 51.1 Å². The van der Waals surface area contributed by atoms with Gasteiger partial charge in [0.05, 0.1) is 9.75 Å². The lowest BCUT2D eigenvalue weighted by atomic mass is 10.1. The van der Waals surface area contributed by atoms with Gasteiger partial charge < -0.3 is 10.3 Å². The number of nitrogen functional groups attached to an aromatic ring is 1. The molecule has 2 aromatic heterocycles. The van der Waals surface area contributed by atoms with E-state index in [-0.39, 0.29) is 5.54 Å². The summed E-state index contributed by atoms with van der Waals surface area (Å²) in [5.41, 5.74) is 7.44. The molecule has 0 fully saturated rings. The van der Waals surface area contributed by atoms with E-state index in [1.54, 1.807) is 11.3 Å². The average Bonchev–Trinajstić information content (AvgIpc) is 3.13. The number of benzene rings is 1. The molecule has 0 aliphatic carbocycles. The molecule has 0 saturated heterocycles. The maximum absolute atomic E-state index is 5.78. The van der Waals surface area contributed by atoms with Crippen molar-refractivity contribution >= 4 is 17.0 Å². The van der Waals surface area contributed by atoms with E-state index in [9.17, 15) is 0 Å². The molecule has 3 nitrogen and oxygen atoms in total. The number of hydrogen-bond donors (Lipinski definition) is 1. The Bertz CT molecular complexity index is 885. The highest BCUT2D eigenvalue weighted by Gasteiger charge is 2.18. The molecule has 3 rings (SSSR count). The van der Waals surface area contributed by atoms with Crippen LogP contribution in [0.15, 0.2) is 48.8 Å². The third-order valence-electron chi connectivity index (χ3n) is 3.41. The number of nitrogens with zero attached hydrogens (tertiary/aromatic N) is 2. The van der Waals surface area contributed by atoms with Crippen molar-refractivity contribution in [3.05, 3.63) is 59.2 Å². The average molecular weight is 321 g/mol. The van der Waals surface area contributed by atoms with Crippen LogP contribution in [0.1, 0.15) is 31.2 Å². The summed E-state index contributed by atoms with van der Waals surface area (Å²) >= 11 is 1.66. The zero-order chi connectivity index (χ0) is 16.4. The highest BCUT2D eigenvalue weighted by molar-refractivity contribution is 7.15. The predicted octanol–water partition coefficient (Wildman–Crippen LogP) is 4.35. The summed E-state index contributed by atoms with van der Waals surface area (Å²) < 4.78 is 2.19. The van der Waals surface area contributed by atoms with Gasteiger partial charge in [0, 0.05) is 29.2 Å². The van der Waals surface area contributed by atoms with Gasteiger partial charge in [0.25, 0.3) is 0 Å². The summed E-state index contributed by atoms with van der Waals surface area (Å²) in [5, 5.41) is 0. The van der Waals surface area contributed by atoms with Crippen LogP contribution in [-0.2, 0) is 5.54 Å². The molecule has 0 aliphatic heterocycles. The molecule has 0 spiro atoms. The third-order valence-corrected chi connectivity index (χ3v) is 4.40. The van der Waals surface area contributed by atoms with Gasteiger partial charge in [-0.15, -0.1) is 11.3 Å². The second kappa shape index (κ2) is 5.94. The number of imidazole rings is 1. The van der Waals surface area contributed by atoms with E-state index in [0.29, 0.717) is 0 Å². The van der Waals surface area contributed by atoms with Gasteiger partial charge in [-0.1, -0.05) is 17.9 Å². The lowest BCUT2D eigenvalue weighted by Crippen LogP contribution is -2.21. The first-order chi connectivity index (χ1) is 10.9. The van der Waals surface area contributed by atoms with E-state index < -0.39 is 0 Å². The van der Waals surface area contributed by atoms with Gasteiger partial charge in [0.2, 0.25) is 0 Å². The Morgan fingerprint density at radius 1 is 1.13 bits per heavy atom. The van der Waals surface area contributed by atoms with Gasteiger partial charge in [-0.2, -0.15) is 0 Å². The molecule has 3 aromatic rings.